The maximum absolute atomic E-state index is 13.8. The quantitative estimate of drug-likeness (QED) is 0.195. The van der Waals surface area contributed by atoms with Crippen molar-refractivity contribution in [2.75, 3.05) is 7.11 Å². The van der Waals surface area contributed by atoms with Crippen molar-refractivity contribution in [3.05, 3.63) is 123 Å². The van der Waals surface area contributed by atoms with Gasteiger partial charge in [0.1, 0.15) is 5.75 Å². The molecule has 0 aliphatic carbocycles. The van der Waals surface area contributed by atoms with Crippen LogP contribution in [0.25, 0.3) is 11.1 Å². The third-order valence-corrected chi connectivity index (χ3v) is 7.10. The summed E-state index contributed by atoms with van der Waals surface area (Å²) in [6.45, 7) is 3.25. The first-order chi connectivity index (χ1) is 19.2. The van der Waals surface area contributed by atoms with Gasteiger partial charge in [0.05, 0.1) is 19.3 Å². The van der Waals surface area contributed by atoms with Gasteiger partial charge in [-0.05, 0) is 41.8 Å². The molecule has 4 rings (SSSR count). The van der Waals surface area contributed by atoms with Gasteiger partial charge in [-0.2, -0.15) is 0 Å². The number of hydrogen-bond acceptors (Lipinski definition) is 5. The van der Waals surface area contributed by atoms with Crippen LogP contribution in [0.4, 0.5) is 0 Å². The lowest BCUT2D eigenvalue weighted by atomic mass is 9.95. The molecule has 0 N–H and O–H groups in total. The third-order valence-electron chi connectivity index (χ3n) is 6.87. The molecule has 0 radical (unpaired) electrons. The number of nitrogens with zero attached hydrogens (tertiary/aromatic N) is 1. The fourth-order valence-corrected chi connectivity index (χ4v) is 4.90. The molecular formula is C33H30ClNO5. The summed E-state index contributed by atoms with van der Waals surface area (Å²) in [7, 11) is 1.47. The predicted octanol–water partition coefficient (Wildman–Crippen LogP) is 6.57. The monoisotopic (exact) mass is 555 g/mol. The minimum absolute atomic E-state index is 0.0335. The van der Waals surface area contributed by atoms with E-state index in [-0.39, 0.29) is 23.8 Å². The van der Waals surface area contributed by atoms with Crippen LogP contribution in [0.15, 0.2) is 89.9 Å². The average molecular weight is 556 g/mol. The summed E-state index contributed by atoms with van der Waals surface area (Å²) >= 11 is 6.23. The molecule has 0 aliphatic rings. The molecule has 0 fully saturated rings. The highest BCUT2D eigenvalue weighted by atomic mass is 35.5. The number of hydrogen-bond donors (Lipinski definition) is 0. The topological polar surface area (TPSA) is 82.4 Å². The molecule has 4 aromatic rings. The zero-order valence-electron chi connectivity index (χ0n) is 22.6. The van der Waals surface area contributed by atoms with Gasteiger partial charge in [-0.15, -0.1) is 0 Å². The Labute approximate surface area is 238 Å². The summed E-state index contributed by atoms with van der Waals surface area (Å²) in [5.41, 5.74) is 3.13. The average Bonchev–Trinajstić information content (AvgIpc) is 2.96. The SMILES string of the molecule is CCC(=O)c1ccc(CC(=O)[C@H](Cc2ccccc2)n2cc(OC)c(-c3cc(Cl)ccc3C(C)=O)cc2=O)cc1. The van der Waals surface area contributed by atoms with E-state index in [9.17, 15) is 19.2 Å². The summed E-state index contributed by atoms with van der Waals surface area (Å²) in [6.07, 6.45) is 2.31. The number of ether oxygens (including phenoxy) is 1. The zero-order chi connectivity index (χ0) is 28.8. The van der Waals surface area contributed by atoms with E-state index in [1.54, 1.807) is 49.4 Å². The second-order valence-electron chi connectivity index (χ2n) is 9.57. The second kappa shape index (κ2) is 12.7. The highest BCUT2D eigenvalue weighted by molar-refractivity contribution is 6.31. The predicted molar refractivity (Wildman–Crippen MR) is 157 cm³/mol. The van der Waals surface area contributed by atoms with Crippen LogP contribution in [-0.4, -0.2) is 29.0 Å². The van der Waals surface area contributed by atoms with Crippen LogP contribution in [0.2, 0.25) is 5.02 Å². The molecular weight excluding hydrogens is 526 g/mol. The smallest absolute Gasteiger partial charge is 0.252 e. The number of Topliss-reactive ketones (excluding diaryl/α,β-unsaturated/α-hetero) is 3. The Morgan fingerprint density at radius 2 is 1.60 bits per heavy atom. The van der Waals surface area contributed by atoms with Crippen LogP contribution in [-0.2, 0) is 17.6 Å². The lowest BCUT2D eigenvalue weighted by Crippen LogP contribution is -2.32. The van der Waals surface area contributed by atoms with Gasteiger partial charge in [0.2, 0.25) is 0 Å². The molecule has 0 amide bonds. The molecule has 0 saturated carbocycles. The highest BCUT2D eigenvalue weighted by Crippen LogP contribution is 2.34. The Bertz CT molecular complexity index is 1610. The molecule has 0 saturated heterocycles. The van der Waals surface area contributed by atoms with Crippen LogP contribution in [0, 0.1) is 0 Å². The number of carbonyl (C=O) groups is 3. The van der Waals surface area contributed by atoms with Crippen LogP contribution in [0.3, 0.4) is 0 Å². The van der Waals surface area contributed by atoms with Gasteiger partial charge in [-0.1, -0.05) is 73.1 Å². The summed E-state index contributed by atoms with van der Waals surface area (Å²) in [4.78, 5) is 51.7. The third kappa shape index (κ3) is 6.46. The molecule has 1 heterocycles. The van der Waals surface area contributed by atoms with Gasteiger partial charge < -0.3 is 9.30 Å². The van der Waals surface area contributed by atoms with E-state index in [4.69, 9.17) is 16.3 Å². The van der Waals surface area contributed by atoms with Gasteiger partial charge in [0.15, 0.2) is 17.3 Å². The maximum atomic E-state index is 13.8. The molecule has 7 heteroatoms. The van der Waals surface area contributed by atoms with E-state index in [1.807, 2.05) is 30.3 Å². The molecule has 0 aliphatic heterocycles. The standard InChI is InChI=1S/C33H30ClNO5/c1-4-30(37)24-12-10-23(11-13-24)17-31(38)29(16-22-8-6-5-7-9-22)35-20-32(40-3)28(19-33(35)39)27-18-25(34)14-15-26(27)21(2)36/h5-15,18-20,29H,4,16-17H2,1-3H3/t29-/m0/s1. The lowest BCUT2D eigenvalue weighted by Gasteiger charge is -2.22. The van der Waals surface area contributed by atoms with Crippen LogP contribution in [0.5, 0.6) is 5.75 Å². The Hall–Kier alpha value is -4.29. The minimum Gasteiger partial charge on any atom is -0.495 e. The van der Waals surface area contributed by atoms with Gasteiger partial charge in [0.25, 0.3) is 5.56 Å². The largest absolute Gasteiger partial charge is 0.495 e. The first kappa shape index (κ1) is 28.7. The molecule has 6 nitrogen and oxygen atoms in total. The number of ketones is 3. The van der Waals surface area contributed by atoms with E-state index < -0.39 is 11.6 Å². The Morgan fingerprint density at radius 3 is 2.23 bits per heavy atom. The second-order valence-corrected chi connectivity index (χ2v) is 10.0. The van der Waals surface area contributed by atoms with E-state index in [1.165, 1.54) is 30.9 Å². The molecule has 3 aromatic carbocycles. The number of rotatable bonds is 11. The van der Waals surface area contributed by atoms with Gasteiger partial charge >= 0.3 is 0 Å². The van der Waals surface area contributed by atoms with E-state index >= 15 is 0 Å². The van der Waals surface area contributed by atoms with Crippen molar-refractivity contribution in [2.24, 2.45) is 0 Å². The summed E-state index contributed by atoms with van der Waals surface area (Å²) < 4.78 is 7.05. The number of pyridine rings is 1. The fourth-order valence-electron chi connectivity index (χ4n) is 4.73. The zero-order valence-corrected chi connectivity index (χ0v) is 23.4. The summed E-state index contributed by atoms with van der Waals surface area (Å²) in [6, 6.07) is 21.9. The molecule has 1 atom stereocenters. The number of methoxy groups -OCH3 is 1. The summed E-state index contributed by atoms with van der Waals surface area (Å²) in [5.74, 6) is 0.0213. The molecule has 0 unspecified atom stereocenters. The van der Waals surface area contributed by atoms with Crippen molar-refractivity contribution in [3.8, 4) is 16.9 Å². The van der Waals surface area contributed by atoms with Crippen LogP contribution < -0.4 is 10.3 Å². The van der Waals surface area contributed by atoms with E-state index in [0.717, 1.165) is 11.1 Å². The van der Waals surface area contributed by atoms with Gasteiger partial charge in [-0.3, -0.25) is 19.2 Å². The molecule has 0 bridgehead atoms. The molecule has 0 spiro atoms. The molecule has 40 heavy (non-hydrogen) atoms. The lowest BCUT2D eigenvalue weighted by molar-refractivity contribution is -0.121. The number of carbonyl (C=O) groups excluding carboxylic acids is 3. The van der Waals surface area contributed by atoms with E-state index in [2.05, 4.69) is 0 Å². The minimum atomic E-state index is -0.818. The van der Waals surface area contributed by atoms with Crippen molar-refractivity contribution in [2.45, 2.75) is 39.2 Å². The van der Waals surface area contributed by atoms with Gasteiger partial charge in [-0.25, -0.2) is 0 Å². The summed E-state index contributed by atoms with van der Waals surface area (Å²) in [5, 5.41) is 0.412. The number of halogens is 1. The molecule has 204 valence electrons. The van der Waals surface area contributed by atoms with Crippen LogP contribution >= 0.6 is 11.6 Å². The van der Waals surface area contributed by atoms with E-state index in [0.29, 0.717) is 45.9 Å². The fraction of sp³-hybridized carbons (Fsp3) is 0.212. The van der Waals surface area contributed by atoms with Crippen molar-refractivity contribution in [1.82, 2.24) is 4.57 Å². The number of aromatic nitrogens is 1. The van der Waals surface area contributed by atoms with Gasteiger partial charge in [0, 0.05) is 47.0 Å². The first-order valence-corrected chi connectivity index (χ1v) is 13.4. The van der Waals surface area contributed by atoms with Crippen molar-refractivity contribution >= 4 is 29.0 Å². The maximum Gasteiger partial charge on any atom is 0.252 e. The Morgan fingerprint density at radius 1 is 0.900 bits per heavy atom. The Kier molecular flexibility index (Phi) is 9.12. The number of benzene rings is 3. The van der Waals surface area contributed by atoms with Crippen molar-refractivity contribution in [1.29, 1.82) is 0 Å². The first-order valence-electron chi connectivity index (χ1n) is 13.0. The highest BCUT2D eigenvalue weighted by Gasteiger charge is 2.25. The normalized spacial score (nSPS) is 11.6. The van der Waals surface area contributed by atoms with Crippen molar-refractivity contribution in [3.63, 3.8) is 0 Å². The van der Waals surface area contributed by atoms with Crippen LogP contribution in [0.1, 0.15) is 58.2 Å². The molecule has 1 aromatic heterocycles. The van der Waals surface area contributed by atoms with Crippen molar-refractivity contribution < 1.29 is 19.1 Å². The Balaban J connectivity index is 1.77.